The van der Waals surface area contributed by atoms with Crippen molar-refractivity contribution in [2.24, 2.45) is 9.98 Å². The second-order valence-electron chi connectivity index (χ2n) is 7.25. The molecule has 0 saturated heterocycles. The van der Waals surface area contributed by atoms with E-state index in [-0.39, 0.29) is 22.3 Å². The van der Waals surface area contributed by atoms with Gasteiger partial charge in [0.2, 0.25) is 5.91 Å². The van der Waals surface area contributed by atoms with Gasteiger partial charge < -0.3 is 5.32 Å². The molecule has 4 nitrogen and oxygen atoms in total. The molecule has 1 saturated carbocycles. The third kappa shape index (κ3) is 4.70. The predicted octanol–water partition coefficient (Wildman–Crippen LogP) is 5.71. The van der Waals surface area contributed by atoms with Gasteiger partial charge in [-0.15, -0.1) is 0 Å². The van der Waals surface area contributed by atoms with Crippen molar-refractivity contribution in [3.8, 4) is 0 Å². The number of amides is 1. The van der Waals surface area contributed by atoms with E-state index in [0.717, 1.165) is 42.0 Å². The van der Waals surface area contributed by atoms with Gasteiger partial charge in [0.1, 0.15) is 10.9 Å². The van der Waals surface area contributed by atoms with Gasteiger partial charge in [-0.25, -0.2) is 9.38 Å². The molecule has 1 fully saturated rings. The molecule has 7 heteroatoms. The fourth-order valence-corrected chi connectivity index (χ4v) is 4.71. The molecule has 2 aliphatic rings. The predicted molar refractivity (Wildman–Crippen MR) is 119 cm³/mol. The van der Waals surface area contributed by atoms with Crippen LogP contribution in [0.4, 0.5) is 10.1 Å². The minimum absolute atomic E-state index is 0.0200. The maximum Gasteiger partial charge on any atom is 0.234 e. The number of hydrogen-bond acceptors (Lipinski definition) is 4. The number of anilines is 1. The Morgan fingerprint density at radius 2 is 1.86 bits per heavy atom. The average molecular weight is 430 g/mol. The zero-order valence-corrected chi connectivity index (χ0v) is 17.4. The van der Waals surface area contributed by atoms with Gasteiger partial charge in [-0.1, -0.05) is 60.1 Å². The first-order chi connectivity index (χ1) is 14.0. The first kappa shape index (κ1) is 20.1. The van der Waals surface area contributed by atoms with Gasteiger partial charge in [-0.3, -0.25) is 9.79 Å². The zero-order chi connectivity index (χ0) is 20.3. The second kappa shape index (κ2) is 8.67. The third-order valence-electron chi connectivity index (χ3n) is 5.08. The summed E-state index contributed by atoms with van der Waals surface area (Å²) in [4.78, 5) is 22.4. The highest BCUT2D eigenvalue weighted by Crippen LogP contribution is 2.38. The molecule has 2 aromatic carbocycles. The molecule has 0 atom stereocenters. The quantitative estimate of drug-likeness (QED) is 0.676. The Hall–Kier alpha value is -2.18. The monoisotopic (exact) mass is 429 g/mol. The molecule has 2 aromatic rings. The van der Waals surface area contributed by atoms with Crippen molar-refractivity contribution in [1.29, 1.82) is 0 Å². The van der Waals surface area contributed by atoms with Crippen molar-refractivity contribution in [3.05, 3.63) is 64.9 Å². The maximum atomic E-state index is 13.3. The highest BCUT2D eigenvalue weighted by Gasteiger charge is 2.37. The Bertz CT molecular complexity index is 971. The zero-order valence-electron chi connectivity index (χ0n) is 15.8. The van der Waals surface area contributed by atoms with Gasteiger partial charge in [-0.05, 0) is 43.9 Å². The van der Waals surface area contributed by atoms with Crippen LogP contribution in [0.25, 0.3) is 0 Å². The highest BCUT2D eigenvalue weighted by molar-refractivity contribution is 8.16. The van der Waals surface area contributed by atoms with E-state index in [1.165, 1.54) is 36.4 Å². The number of benzene rings is 2. The molecule has 4 rings (SSSR count). The molecule has 1 aliphatic carbocycles. The highest BCUT2D eigenvalue weighted by atomic mass is 35.5. The van der Waals surface area contributed by atoms with E-state index in [9.17, 15) is 9.18 Å². The van der Waals surface area contributed by atoms with Crippen molar-refractivity contribution in [2.75, 3.05) is 11.1 Å². The Morgan fingerprint density at radius 1 is 1.10 bits per heavy atom. The Labute approximate surface area is 178 Å². The van der Waals surface area contributed by atoms with Gasteiger partial charge >= 0.3 is 0 Å². The normalized spacial score (nSPS) is 17.7. The average Bonchev–Trinajstić information content (AvgIpc) is 3.08. The van der Waals surface area contributed by atoms with Crippen LogP contribution in [0.1, 0.15) is 37.7 Å². The molecule has 1 aliphatic heterocycles. The van der Waals surface area contributed by atoms with E-state index in [4.69, 9.17) is 21.6 Å². The molecular formula is C22H21ClFN3OS. The lowest BCUT2D eigenvalue weighted by molar-refractivity contribution is -0.113. The van der Waals surface area contributed by atoms with Crippen molar-refractivity contribution in [3.63, 3.8) is 0 Å². The molecule has 150 valence electrons. The minimum atomic E-state index is -0.513. The topological polar surface area (TPSA) is 53.8 Å². The third-order valence-corrected chi connectivity index (χ3v) is 6.33. The van der Waals surface area contributed by atoms with Crippen LogP contribution in [0.2, 0.25) is 5.02 Å². The fraction of sp³-hybridized carbons (Fsp3) is 0.318. The summed E-state index contributed by atoms with van der Waals surface area (Å²) in [6.07, 6.45) is 5.37. The van der Waals surface area contributed by atoms with Gasteiger partial charge in [0.15, 0.2) is 5.66 Å². The van der Waals surface area contributed by atoms with Gasteiger partial charge in [0.25, 0.3) is 0 Å². The first-order valence-electron chi connectivity index (χ1n) is 9.68. The summed E-state index contributed by atoms with van der Waals surface area (Å²) in [7, 11) is 0. The van der Waals surface area contributed by atoms with Crippen molar-refractivity contribution in [2.45, 2.75) is 37.8 Å². The number of halogens is 2. The molecule has 0 aromatic heterocycles. The van der Waals surface area contributed by atoms with Crippen LogP contribution in [-0.4, -0.2) is 28.1 Å². The van der Waals surface area contributed by atoms with E-state index in [2.05, 4.69) is 5.32 Å². The molecule has 0 bridgehead atoms. The van der Waals surface area contributed by atoms with Crippen LogP contribution in [0, 0.1) is 5.82 Å². The number of nitrogens with one attached hydrogen (secondary N) is 1. The largest absolute Gasteiger partial charge is 0.325 e. The summed E-state index contributed by atoms with van der Waals surface area (Å²) in [5, 5.41) is 3.54. The number of aliphatic imine (C=N–C) groups is 2. The molecular weight excluding hydrogens is 409 g/mol. The number of thioether (sulfide) groups is 1. The number of nitrogens with zero attached hydrogens (tertiary/aromatic N) is 2. The van der Waals surface area contributed by atoms with E-state index >= 15 is 0 Å². The summed E-state index contributed by atoms with van der Waals surface area (Å²) >= 11 is 7.17. The minimum Gasteiger partial charge on any atom is -0.325 e. The maximum absolute atomic E-state index is 13.3. The Kier molecular flexibility index (Phi) is 6.01. The molecule has 1 amide bonds. The number of carbonyl (C=O) groups excluding carboxylic acids is 1. The van der Waals surface area contributed by atoms with E-state index in [1.807, 2.05) is 30.3 Å². The lowest BCUT2D eigenvalue weighted by atomic mass is 9.90. The summed E-state index contributed by atoms with van der Waals surface area (Å²) in [5.74, 6) is -0.520. The Balaban J connectivity index is 1.48. The molecule has 0 unspecified atom stereocenters. The van der Waals surface area contributed by atoms with E-state index < -0.39 is 5.82 Å². The van der Waals surface area contributed by atoms with Gasteiger partial charge in [0.05, 0.1) is 16.5 Å². The van der Waals surface area contributed by atoms with Crippen LogP contribution in [0.5, 0.6) is 0 Å². The van der Waals surface area contributed by atoms with Crippen molar-refractivity contribution >= 4 is 45.7 Å². The van der Waals surface area contributed by atoms with Crippen molar-refractivity contribution < 1.29 is 9.18 Å². The summed E-state index contributed by atoms with van der Waals surface area (Å²) < 4.78 is 13.3. The lowest BCUT2D eigenvalue weighted by Crippen LogP contribution is -2.25. The van der Waals surface area contributed by atoms with Crippen LogP contribution < -0.4 is 5.32 Å². The van der Waals surface area contributed by atoms with Crippen LogP contribution >= 0.6 is 23.4 Å². The molecule has 29 heavy (non-hydrogen) atoms. The Morgan fingerprint density at radius 3 is 2.59 bits per heavy atom. The van der Waals surface area contributed by atoms with Gasteiger partial charge in [-0.2, -0.15) is 0 Å². The summed E-state index contributed by atoms with van der Waals surface area (Å²) in [5.41, 5.74) is 1.99. The number of rotatable bonds is 4. The number of carbonyl (C=O) groups is 1. The second-order valence-corrected chi connectivity index (χ2v) is 8.62. The van der Waals surface area contributed by atoms with Gasteiger partial charge in [0, 0.05) is 11.3 Å². The SMILES string of the molecule is O=C(CSC1=NC2(CCCCC2)N=C1c1ccccc1)Nc1ccc(F)c(Cl)c1. The van der Waals surface area contributed by atoms with Crippen LogP contribution in [0.3, 0.4) is 0 Å². The molecule has 0 radical (unpaired) electrons. The first-order valence-corrected chi connectivity index (χ1v) is 11.0. The van der Waals surface area contributed by atoms with Crippen molar-refractivity contribution in [1.82, 2.24) is 0 Å². The standard InChI is InChI=1S/C22H21ClFN3OS/c23-17-13-16(9-10-18(17)24)25-19(28)14-29-21-20(15-7-3-1-4-8-15)26-22(27-21)11-5-2-6-12-22/h1,3-4,7-10,13H,2,5-6,11-12,14H2,(H,25,28). The smallest absolute Gasteiger partial charge is 0.234 e. The summed E-state index contributed by atoms with van der Waals surface area (Å²) in [6.45, 7) is 0. The van der Waals surface area contributed by atoms with Crippen LogP contribution in [0.15, 0.2) is 58.5 Å². The molecule has 1 N–H and O–H groups in total. The molecule has 1 spiro atoms. The lowest BCUT2D eigenvalue weighted by Gasteiger charge is -2.27. The molecule has 1 heterocycles. The fourth-order valence-electron chi connectivity index (χ4n) is 3.65. The van der Waals surface area contributed by atoms with E-state index in [0.29, 0.717) is 5.69 Å². The summed E-state index contributed by atoms with van der Waals surface area (Å²) in [6, 6.07) is 14.1. The van der Waals surface area contributed by atoms with Crippen LogP contribution in [-0.2, 0) is 4.79 Å². The number of hydrogen-bond donors (Lipinski definition) is 1. The van der Waals surface area contributed by atoms with E-state index in [1.54, 1.807) is 0 Å².